The van der Waals surface area contributed by atoms with Gasteiger partial charge in [-0.25, -0.2) is 0 Å². The molecular formula is C19H20BrNO4. The Balaban J connectivity index is 2.32. The van der Waals surface area contributed by atoms with Gasteiger partial charge in [0.05, 0.1) is 19.9 Å². The Morgan fingerprint density at radius 1 is 0.960 bits per heavy atom. The van der Waals surface area contributed by atoms with Crippen LogP contribution in [0.5, 0.6) is 11.5 Å². The maximum absolute atomic E-state index is 6.41. The Bertz CT molecular complexity index is 857. The number of methoxy groups -OCH3 is 2. The molecule has 2 aromatic heterocycles. The van der Waals surface area contributed by atoms with Crippen molar-refractivity contribution in [1.29, 1.82) is 0 Å². The van der Waals surface area contributed by atoms with Crippen LogP contribution < -0.4 is 15.2 Å². The molecule has 0 aliphatic heterocycles. The maximum atomic E-state index is 6.41. The molecule has 2 heterocycles. The molecule has 25 heavy (non-hydrogen) atoms. The highest BCUT2D eigenvalue weighted by atomic mass is 79.9. The van der Waals surface area contributed by atoms with E-state index in [1.54, 1.807) is 20.3 Å². The minimum atomic E-state index is -0.358. The van der Waals surface area contributed by atoms with E-state index in [-0.39, 0.29) is 5.92 Å². The molecule has 3 aromatic rings. The Morgan fingerprint density at radius 3 is 1.92 bits per heavy atom. The zero-order valence-corrected chi connectivity index (χ0v) is 16.1. The minimum Gasteiger partial charge on any atom is -0.493 e. The second kappa shape index (κ2) is 6.88. The Morgan fingerprint density at radius 2 is 1.52 bits per heavy atom. The van der Waals surface area contributed by atoms with E-state index >= 15 is 0 Å². The third-order valence-electron chi connectivity index (χ3n) is 4.08. The summed E-state index contributed by atoms with van der Waals surface area (Å²) in [5, 5.41) is 0. The normalized spacial score (nSPS) is 11.1. The number of furan rings is 2. The van der Waals surface area contributed by atoms with Crippen molar-refractivity contribution in [2.75, 3.05) is 20.0 Å². The van der Waals surface area contributed by atoms with Gasteiger partial charge in [-0.3, -0.25) is 0 Å². The number of hydrogen-bond acceptors (Lipinski definition) is 5. The summed E-state index contributed by atoms with van der Waals surface area (Å²) in [4.78, 5) is 0. The first-order valence-electron chi connectivity index (χ1n) is 7.78. The first-order valence-corrected chi connectivity index (χ1v) is 8.58. The summed E-state index contributed by atoms with van der Waals surface area (Å²) in [5.41, 5.74) is 7.69. The SMILES string of the molecule is COc1cc(Br)c(N)c(C(c2ccc(C)o2)c2ccc(C)o2)c1OC. The monoisotopic (exact) mass is 405 g/mol. The lowest BCUT2D eigenvalue weighted by Crippen LogP contribution is -2.09. The van der Waals surface area contributed by atoms with Gasteiger partial charge in [-0.15, -0.1) is 0 Å². The van der Waals surface area contributed by atoms with Crippen molar-refractivity contribution in [3.63, 3.8) is 0 Å². The summed E-state index contributed by atoms with van der Waals surface area (Å²) in [6.07, 6.45) is 0. The fourth-order valence-electron chi connectivity index (χ4n) is 2.93. The number of ether oxygens (including phenoxy) is 2. The van der Waals surface area contributed by atoms with Crippen LogP contribution in [0.4, 0.5) is 5.69 Å². The molecule has 132 valence electrons. The summed E-state index contributed by atoms with van der Waals surface area (Å²) in [6, 6.07) is 9.45. The van der Waals surface area contributed by atoms with Gasteiger partial charge >= 0.3 is 0 Å². The van der Waals surface area contributed by atoms with Crippen molar-refractivity contribution >= 4 is 21.6 Å². The molecule has 5 nitrogen and oxygen atoms in total. The standard InChI is InChI=1S/C19H20BrNO4/c1-10-5-7-13(24-10)16(14-8-6-11(2)25-14)17-18(21)12(20)9-15(22-3)19(17)23-4/h5-9,16H,21H2,1-4H3. The van der Waals surface area contributed by atoms with Crippen LogP contribution in [0, 0.1) is 13.8 Å². The van der Waals surface area contributed by atoms with E-state index in [9.17, 15) is 0 Å². The number of rotatable bonds is 5. The van der Waals surface area contributed by atoms with Gasteiger partial charge in [0.15, 0.2) is 11.5 Å². The number of hydrogen-bond donors (Lipinski definition) is 1. The van der Waals surface area contributed by atoms with E-state index in [2.05, 4.69) is 15.9 Å². The van der Waals surface area contributed by atoms with Crippen LogP contribution in [-0.2, 0) is 0 Å². The van der Waals surface area contributed by atoms with E-state index in [1.807, 2.05) is 38.1 Å². The minimum absolute atomic E-state index is 0.358. The topological polar surface area (TPSA) is 70.8 Å². The maximum Gasteiger partial charge on any atom is 0.167 e. The summed E-state index contributed by atoms with van der Waals surface area (Å²) >= 11 is 3.50. The lowest BCUT2D eigenvalue weighted by atomic mass is 9.91. The van der Waals surface area contributed by atoms with Crippen molar-refractivity contribution in [2.45, 2.75) is 19.8 Å². The number of halogens is 1. The molecule has 3 rings (SSSR count). The summed E-state index contributed by atoms with van der Waals surface area (Å²) in [7, 11) is 3.18. The molecule has 0 bridgehead atoms. The highest BCUT2D eigenvalue weighted by Gasteiger charge is 2.31. The van der Waals surface area contributed by atoms with Crippen molar-refractivity contribution in [3.8, 4) is 11.5 Å². The summed E-state index contributed by atoms with van der Waals surface area (Å²) in [6.45, 7) is 3.80. The first kappa shape index (κ1) is 17.5. The molecule has 0 fully saturated rings. The van der Waals surface area contributed by atoms with E-state index in [0.717, 1.165) is 33.1 Å². The van der Waals surface area contributed by atoms with E-state index in [4.69, 9.17) is 24.0 Å². The predicted molar refractivity (Wildman–Crippen MR) is 99.5 cm³/mol. The Hall–Kier alpha value is -2.34. The average Bonchev–Trinajstić information content (AvgIpc) is 3.20. The molecule has 1 aromatic carbocycles. The predicted octanol–water partition coefficient (Wildman–Crippen LogP) is 5.03. The van der Waals surface area contributed by atoms with Crippen LogP contribution in [-0.4, -0.2) is 14.2 Å². The summed E-state index contributed by atoms with van der Waals surface area (Å²) < 4.78 is 23.6. The molecule has 0 unspecified atom stereocenters. The van der Waals surface area contributed by atoms with Gasteiger partial charge in [0.25, 0.3) is 0 Å². The van der Waals surface area contributed by atoms with Crippen molar-refractivity contribution < 1.29 is 18.3 Å². The van der Waals surface area contributed by atoms with Crippen molar-refractivity contribution in [1.82, 2.24) is 0 Å². The van der Waals surface area contributed by atoms with E-state index in [0.29, 0.717) is 17.2 Å². The van der Waals surface area contributed by atoms with Crippen LogP contribution in [0.1, 0.15) is 34.5 Å². The molecule has 0 saturated carbocycles. The average molecular weight is 406 g/mol. The smallest absolute Gasteiger partial charge is 0.167 e. The van der Waals surface area contributed by atoms with E-state index < -0.39 is 0 Å². The number of anilines is 1. The first-order chi connectivity index (χ1) is 12.0. The molecular weight excluding hydrogens is 386 g/mol. The fourth-order valence-corrected chi connectivity index (χ4v) is 3.35. The zero-order valence-electron chi connectivity index (χ0n) is 14.6. The largest absolute Gasteiger partial charge is 0.493 e. The molecule has 2 N–H and O–H groups in total. The van der Waals surface area contributed by atoms with Crippen LogP contribution in [0.25, 0.3) is 0 Å². The number of aryl methyl sites for hydroxylation is 2. The van der Waals surface area contributed by atoms with Crippen molar-refractivity contribution in [3.05, 3.63) is 63.4 Å². The van der Waals surface area contributed by atoms with Crippen molar-refractivity contribution in [2.24, 2.45) is 0 Å². The molecule has 0 atom stereocenters. The Kier molecular flexibility index (Phi) is 4.81. The highest BCUT2D eigenvalue weighted by Crippen LogP contribution is 2.48. The third kappa shape index (κ3) is 3.14. The van der Waals surface area contributed by atoms with Gasteiger partial charge in [0.1, 0.15) is 29.0 Å². The molecule has 0 saturated heterocycles. The quantitative estimate of drug-likeness (QED) is 0.602. The fraction of sp³-hybridized carbons (Fsp3) is 0.263. The number of nitrogens with two attached hydrogens (primary N) is 1. The van der Waals surface area contributed by atoms with Gasteiger partial charge < -0.3 is 24.0 Å². The second-order valence-corrected chi connectivity index (χ2v) is 6.61. The molecule has 0 spiro atoms. The van der Waals surface area contributed by atoms with E-state index in [1.165, 1.54) is 0 Å². The van der Waals surface area contributed by atoms with Crippen LogP contribution in [0.15, 0.2) is 43.6 Å². The lowest BCUT2D eigenvalue weighted by molar-refractivity contribution is 0.347. The molecule has 0 radical (unpaired) electrons. The van der Waals surface area contributed by atoms with Crippen LogP contribution in [0.3, 0.4) is 0 Å². The van der Waals surface area contributed by atoms with Gasteiger partial charge in [0.2, 0.25) is 0 Å². The molecule has 0 amide bonds. The van der Waals surface area contributed by atoms with Crippen LogP contribution >= 0.6 is 15.9 Å². The Labute approximate surface area is 154 Å². The van der Waals surface area contributed by atoms with Gasteiger partial charge in [-0.05, 0) is 54.0 Å². The van der Waals surface area contributed by atoms with Crippen LogP contribution in [0.2, 0.25) is 0 Å². The zero-order chi connectivity index (χ0) is 18.1. The third-order valence-corrected chi connectivity index (χ3v) is 4.73. The lowest BCUT2D eigenvalue weighted by Gasteiger charge is -2.21. The highest BCUT2D eigenvalue weighted by molar-refractivity contribution is 9.10. The van der Waals surface area contributed by atoms with Gasteiger partial charge in [0, 0.05) is 16.1 Å². The van der Waals surface area contributed by atoms with Gasteiger partial charge in [-0.2, -0.15) is 0 Å². The van der Waals surface area contributed by atoms with Gasteiger partial charge in [-0.1, -0.05) is 0 Å². The molecule has 0 aliphatic carbocycles. The molecule has 0 aliphatic rings. The number of nitrogen functional groups attached to an aromatic ring is 1. The number of benzene rings is 1. The molecule has 6 heteroatoms. The second-order valence-electron chi connectivity index (χ2n) is 5.75. The summed E-state index contributed by atoms with van der Waals surface area (Å²) in [5.74, 6) is 3.83.